The number of carbonyl (C=O) groups is 1. The lowest BCUT2D eigenvalue weighted by Gasteiger charge is -2.41. The number of nitrogens with zero attached hydrogens (tertiary/aromatic N) is 5. The average molecular weight is 435 g/mol. The largest absolute Gasteiger partial charge is 0.444 e. The molecule has 8 heteroatoms. The van der Waals surface area contributed by atoms with Gasteiger partial charge in [-0.15, -0.1) is 0 Å². The summed E-state index contributed by atoms with van der Waals surface area (Å²) in [5.74, 6) is 0. The maximum Gasteiger partial charge on any atom is 0.410 e. The maximum absolute atomic E-state index is 12.5. The van der Waals surface area contributed by atoms with Crippen molar-refractivity contribution in [2.45, 2.75) is 45.9 Å². The summed E-state index contributed by atoms with van der Waals surface area (Å²) in [4.78, 5) is 29.7. The summed E-state index contributed by atoms with van der Waals surface area (Å²) in [6.07, 6.45) is 6.80. The lowest BCUT2D eigenvalue weighted by molar-refractivity contribution is 0.0159. The van der Waals surface area contributed by atoms with Gasteiger partial charge in [0.25, 0.3) is 0 Å². The Morgan fingerprint density at radius 2 is 1.91 bits per heavy atom. The topological polar surface area (TPSA) is 83.5 Å². The number of rotatable bonds is 4. The number of benzene rings is 1. The lowest BCUT2D eigenvalue weighted by atomic mass is 10.1. The van der Waals surface area contributed by atoms with E-state index in [1.165, 1.54) is 0 Å². The third kappa shape index (κ3) is 5.07. The van der Waals surface area contributed by atoms with E-state index in [-0.39, 0.29) is 12.1 Å². The highest BCUT2D eigenvalue weighted by atomic mass is 16.6. The summed E-state index contributed by atoms with van der Waals surface area (Å²) in [6, 6.07) is 8.15. The minimum atomic E-state index is -0.496. The van der Waals surface area contributed by atoms with Crippen LogP contribution in [0, 0.1) is 0 Å². The number of pyridine rings is 1. The molecule has 1 atom stereocenters. The number of fused-ring (bicyclic) bond motifs is 1. The Bertz CT molecular complexity index is 1100. The molecule has 0 aliphatic carbocycles. The van der Waals surface area contributed by atoms with Crippen LogP contribution in [0.1, 0.15) is 33.3 Å². The molecule has 0 bridgehead atoms. The standard InChI is InChI=1S/C24H30N6O2/c1-17-16-29(11-12-30(17)23(31)32-24(2,3)4)22-7-8-25-15-21(22)28-14-18-5-6-19-20(13-18)27-10-9-26-19/h5-10,13,15,17,28H,11-12,14,16H2,1-4H3/t17-/m0/s1. The van der Waals surface area contributed by atoms with E-state index >= 15 is 0 Å². The van der Waals surface area contributed by atoms with E-state index < -0.39 is 5.60 Å². The van der Waals surface area contributed by atoms with Crippen molar-refractivity contribution in [1.82, 2.24) is 19.9 Å². The zero-order valence-electron chi connectivity index (χ0n) is 19.1. The summed E-state index contributed by atoms with van der Waals surface area (Å²) < 4.78 is 5.57. The minimum Gasteiger partial charge on any atom is -0.444 e. The molecule has 8 nitrogen and oxygen atoms in total. The first-order chi connectivity index (χ1) is 15.3. The molecule has 32 heavy (non-hydrogen) atoms. The van der Waals surface area contributed by atoms with Crippen molar-refractivity contribution in [3.05, 3.63) is 54.6 Å². The lowest BCUT2D eigenvalue weighted by Crippen LogP contribution is -2.55. The number of hydrogen-bond donors (Lipinski definition) is 1. The van der Waals surface area contributed by atoms with Gasteiger partial charge in [0.15, 0.2) is 0 Å². The van der Waals surface area contributed by atoms with Crippen LogP contribution in [0.4, 0.5) is 16.2 Å². The fourth-order valence-corrected chi connectivity index (χ4v) is 3.88. The average Bonchev–Trinajstić information content (AvgIpc) is 2.76. The number of aromatic nitrogens is 3. The molecule has 3 heterocycles. The molecule has 1 saturated heterocycles. The van der Waals surface area contributed by atoms with Crippen molar-refractivity contribution in [2.24, 2.45) is 0 Å². The number of ether oxygens (including phenoxy) is 1. The van der Waals surface area contributed by atoms with Crippen molar-refractivity contribution in [3.8, 4) is 0 Å². The van der Waals surface area contributed by atoms with Crippen LogP contribution in [0.15, 0.2) is 49.1 Å². The number of carbonyl (C=O) groups excluding carboxylic acids is 1. The van der Waals surface area contributed by atoms with E-state index in [9.17, 15) is 4.79 Å². The molecular formula is C24H30N6O2. The van der Waals surface area contributed by atoms with Crippen LogP contribution >= 0.6 is 0 Å². The van der Waals surface area contributed by atoms with Crippen LogP contribution in [-0.2, 0) is 11.3 Å². The summed E-state index contributed by atoms with van der Waals surface area (Å²) >= 11 is 0. The Kier molecular flexibility index (Phi) is 6.12. The number of hydrogen-bond acceptors (Lipinski definition) is 7. The maximum atomic E-state index is 12.5. The predicted octanol–water partition coefficient (Wildman–Crippen LogP) is 4.08. The van der Waals surface area contributed by atoms with Gasteiger partial charge in [-0.25, -0.2) is 4.79 Å². The van der Waals surface area contributed by atoms with Gasteiger partial charge >= 0.3 is 6.09 Å². The van der Waals surface area contributed by atoms with E-state index in [0.717, 1.165) is 41.1 Å². The molecule has 168 valence electrons. The third-order valence-corrected chi connectivity index (χ3v) is 5.41. The zero-order chi connectivity index (χ0) is 22.7. The van der Waals surface area contributed by atoms with Crippen molar-refractivity contribution in [2.75, 3.05) is 29.9 Å². The number of nitrogens with one attached hydrogen (secondary N) is 1. The fraction of sp³-hybridized carbons (Fsp3) is 0.417. The molecule has 0 saturated carbocycles. The van der Waals surface area contributed by atoms with Crippen molar-refractivity contribution in [3.63, 3.8) is 0 Å². The summed E-state index contributed by atoms with van der Waals surface area (Å²) in [6.45, 7) is 10.5. The SMILES string of the molecule is C[C@H]1CN(c2ccncc2NCc2ccc3nccnc3c2)CCN1C(=O)OC(C)(C)C. The van der Waals surface area contributed by atoms with E-state index in [2.05, 4.69) is 38.2 Å². The second kappa shape index (κ2) is 8.98. The molecule has 1 aliphatic heterocycles. The first-order valence-electron chi connectivity index (χ1n) is 10.9. The van der Waals surface area contributed by atoms with Gasteiger partial charge in [0.2, 0.25) is 0 Å². The van der Waals surface area contributed by atoms with E-state index in [4.69, 9.17) is 4.74 Å². The zero-order valence-corrected chi connectivity index (χ0v) is 19.1. The molecule has 1 aromatic carbocycles. The number of piperazine rings is 1. The van der Waals surface area contributed by atoms with Gasteiger partial charge in [-0.3, -0.25) is 15.0 Å². The first-order valence-corrected chi connectivity index (χ1v) is 10.9. The number of amides is 1. The minimum absolute atomic E-state index is 0.0404. The Morgan fingerprint density at radius 3 is 2.66 bits per heavy atom. The van der Waals surface area contributed by atoms with Gasteiger partial charge in [-0.2, -0.15) is 0 Å². The van der Waals surface area contributed by atoms with Crippen LogP contribution < -0.4 is 10.2 Å². The van der Waals surface area contributed by atoms with Crippen molar-refractivity contribution in [1.29, 1.82) is 0 Å². The van der Waals surface area contributed by atoms with Gasteiger partial charge in [-0.05, 0) is 51.5 Å². The summed E-state index contributed by atoms with van der Waals surface area (Å²) in [7, 11) is 0. The van der Waals surface area contributed by atoms with E-state index in [1.54, 1.807) is 18.6 Å². The highest BCUT2D eigenvalue weighted by Crippen LogP contribution is 2.28. The van der Waals surface area contributed by atoms with E-state index in [0.29, 0.717) is 13.1 Å². The molecule has 3 aromatic rings. The Labute approximate surface area is 188 Å². The number of anilines is 2. The predicted molar refractivity (Wildman–Crippen MR) is 126 cm³/mol. The van der Waals surface area contributed by atoms with Crippen LogP contribution in [0.2, 0.25) is 0 Å². The summed E-state index contributed by atoms with van der Waals surface area (Å²) in [5.41, 5.74) is 4.43. The monoisotopic (exact) mass is 434 g/mol. The Balaban J connectivity index is 1.43. The molecule has 0 spiro atoms. The highest BCUT2D eigenvalue weighted by molar-refractivity contribution is 5.75. The molecule has 0 radical (unpaired) electrons. The van der Waals surface area contributed by atoms with Gasteiger partial charge < -0.3 is 19.9 Å². The van der Waals surface area contributed by atoms with Crippen molar-refractivity contribution >= 4 is 28.5 Å². The molecule has 1 N–H and O–H groups in total. The van der Waals surface area contributed by atoms with Gasteiger partial charge in [-0.1, -0.05) is 6.07 Å². The normalized spacial score (nSPS) is 16.8. The van der Waals surface area contributed by atoms with Gasteiger partial charge in [0, 0.05) is 50.8 Å². The van der Waals surface area contributed by atoms with Gasteiger partial charge in [0.05, 0.1) is 28.6 Å². The van der Waals surface area contributed by atoms with Crippen molar-refractivity contribution < 1.29 is 9.53 Å². The Morgan fingerprint density at radius 1 is 1.12 bits per heavy atom. The first kappa shape index (κ1) is 21.8. The molecule has 2 aromatic heterocycles. The molecular weight excluding hydrogens is 404 g/mol. The molecule has 1 aliphatic rings. The van der Waals surface area contributed by atoms with Crippen LogP contribution in [0.3, 0.4) is 0 Å². The molecule has 4 rings (SSSR count). The van der Waals surface area contributed by atoms with Crippen LogP contribution in [0.5, 0.6) is 0 Å². The third-order valence-electron chi connectivity index (χ3n) is 5.41. The molecule has 1 amide bonds. The fourth-order valence-electron chi connectivity index (χ4n) is 3.88. The van der Waals surface area contributed by atoms with E-state index in [1.807, 2.05) is 50.1 Å². The second-order valence-electron chi connectivity index (χ2n) is 9.09. The second-order valence-corrected chi connectivity index (χ2v) is 9.09. The smallest absolute Gasteiger partial charge is 0.410 e. The molecule has 0 unspecified atom stereocenters. The van der Waals surface area contributed by atoms with Crippen LogP contribution in [-0.4, -0.2) is 57.2 Å². The summed E-state index contributed by atoms with van der Waals surface area (Å²) in [5, 5.41) is 3.51. The molecule has 1 fully saturated rings. The highest BCUT2D eigenvalue weighted by Gasteiger charge is 2.31. The van der Waals surface area contributed by atoms with Crippen LogP contribution in [0.25, 0.3) is 11.0 Å². The van der Waals surface area contributed by atoms with Gasteiger partial charge in [0.1, 0.15) is 5.60 Å². The Hall–Kier alpha value is -3.42. The quantitative estimate of drug-likeness (QED) is 0.662.